The largest absolute Gasteiger partial charge is 0.373 e. The second-order valence-corrected chi connectivity index (χ2v) is 5.62. The molecule has 1 amide bonds. The molecule has 0 bridgehead atoms. The Labute approximate surface area is 125 Å². The van der Waals surface area contributed by atoms with Crippen molar-refractivity contribution in [3.8, 4) is 0 Å². The number of fused-ring (bicyclic) bond motifs is 1. The van der Waals surface area contributed by atoms with Crippen molar-refractivity contribution in [2.75, 3.05) is 32.8 Å². The van der Waals surface area contributed by atoms with Gasteiger partial charge in [-0.3, -0.25) is 14.7 Å². The molecule has 0 aromatic carbocycles. The number of hydrogen-bond donors (Lipinski definition) is 0. The van der Waals surface area contributed by atoms with Crippen molar-refractivity contribution < 1.29 is 9.53 Å². The first-order chi connectivity index (χ1) is 10.3. The Morgan fingerprint density at radius 2 is 2.19 bits per heavy atom. The SMILES string of the molecule is C=CCO[C@@H]1C[C@H]2CN(C(=O)c3ccncc3)CCN2C1. The molecule has 1 aromatic rings. The van der Waals surface area contributed by atoms with Crippen molar-refractivity contribution in [1.29, 1.82) is 0 Å². The van der Waals surface area contributed by atoms with E-state index in [1.54, 1.807) is 30.6 Å². The minimum Gasteiger partial charge on any atom is -0.373 e. The summed E-state index contributed by atoms with van der Waals surface area (Å²) in [5.74, 6) is 0.104. The summed E-state index contributed by atoms with van der Waals surface area (Å²) < 4.78 is 5.75. The number of ether oxygens (including phenoxy) is 1. The van der Waals surface area contributed by atoms with Gasteiger partial charge in [-0.25, -0.2) is 0 Å². The topological polar surface area (TPSA) is 45.7 Å². The van der Waals surface area contributed by atoms with Gasteiger partial charge >= 0.3 is 0 Å². The van der Waals surface area contributed by atoms with Gasteiger partial charge in [-0.15, -0.1) is 6.58 Å². The molecule has 2 atom stereocenters. The lowest BCUT2D eigenvalue weighted by atomic mass is 10.1. The first-order valence-electron chi connectivity index (χ1n) is 7.44. The number of nitrogens with zero attached hydrogens (tertiary/aromatic N) is 3. The van der Waals surface area contributed by atoms with Crippen LogP contribution in [0.1, 0.15) is 16.8 Å². The number of aromatic nitrogens is 1. The molecule has 0 N–H and O–H groups in total. The van der Waals surface area contributed by atoms with Crippen LogP contribution in [0.2, 0.25) is 0 Å². The number of amides is 1. The van der Waals surface area contributed by atoms with Crippen LogP contribution in [0.5, 0.6) is 0 Å². The molecule has 3 rings (SSSR count). The van der Waals surface area contributed by atoms with E-state index in [1.165, 1.54) is 0 Å². The van der Waals surface area contributed by atoms with Gasteiger partial charge < -0.3 is 9.64 Å². The number of piperazine rings is 1. The van der Waals surface area contributed by atoms with Crippen LogP contribution in [0.25, 0.3) is 0 Å². The number of carbonyl (C=O) groups is 1. The summed E-state index contributed by atoms with van der Waals surface area (Å²) in [6, 6.07) is 3.97. The van der Waals surface area contributed by atoms with Crippen molar-refractivity contribution >= 4 is 5.91 Å². The van der Waals surface area contributed by atoms with Crippen LogP contribution >= 0.6 is 0 Å². The number of rotatable bonds is 4. The Morgan fingerprint density at radius 1 is 1.38 bits per heavy atom. The maximum atomic E-state index is 12.5. The number of carbonyl (C=O) groups excluding carboxylic acids is 1. The normalized spacial score (nSPS) is 25.6. The first-order valence-corrected chi connectivity index (χ1v) is 7.44. The van der Waals surface area contributed by atoms with Gasteiger partial charge in [-0.1, -0.05) is 6.08 Å². The van der Waals surface area contributed by atoms with E-state index < -0.39 is 0 Å². The lowest BCUT2D eigenvalue weighted by Gasteiger charge is -2.37. The lowest BCUT2D eigenvalue weighted by Crippen LogP contribution is -2.52. The van der Waals surface area contributed by atoms with Gasteiger partial charge in [-0.2, -0.15) is 0 Å². The minimum atomic E-state index is 0.104. The molecule has 2 fully saturated rings. The third kappa shape index (κ3) is 3.14. The highest BCUT2D eigenvalue weighted by Gasteiger charge is 2.37. The van der Waals surface area contributed by atoms with Gasteiger partial charge in [0.25, 0.3) is 5.91 Å². The van der Waals surface area contributed by atoms with Gasteiger partial charge in [0.15, 0.2) is 0 Å². The molecule has 5 nitrogen and oxygen atoms in total. The quantitative estimate of drug-likeness (QED) is 0.780. The van der Waals surface area contributed by atoms with Crippen LogP contribution in [-0.4, -0.2) is 65.6 Å². The summed E-state index contributed by atoms with van der Waals surface area (Å²) in [5.41, 5.74) is 0.718. The van der Waals surface area contributed by atoms with E-state index >= 15 is 0 Å². The molecule has 3 heterocycles. The molecule has 21 heavy (non-hydrogen) atoms. The molecule has 2 saturated heterocycles. The Hall–Kier alpha value is -1.72. The zero-order chi connectivity index (χ0) is 14.7. The van der Waals surface area contributed by atoms with E-state index in [-0.39, 0.29) is 12.0 Å². The molecule has 0 aliphatic carbocycles. The second kappa shape index (κ2) is 6.37. The summed E-state index contributed by atoms with van der Waals surface area (Å²) >= 11 is 0. The van der Waals surface area contributed by atoms with E-state index in [2.05, 4.69) is 16.5 Å². The summed E-state index contributed by atoms with van der Waals surface area (Å²) in [6.45, 7) is 7.75. The first kappa shape index (κ1) is 14.2. The smallest absolute Gasteiger partial charge is 0.254 e. The fourth-order valence-electron chi connectivity index (χ4n) is 3.18. The van der Waals surface area contributed by atoms with Crippen molar-refractivity contribution in [2.45, 2.75) is 18.6 Å². The maximum absolute atomic E-state index is 12.5. The molecule has 112 valence electrons. The van der Waals surface area contributed by atoms with Gasteiger partial charge in [0.05, 0.1) is 12.7 Å². The van der Waals surface area contributed by atoms with Crippen LogP contribution in [0.15, 0.2) is 37.2 Å². The summed E-state index contributed by atoms with van der Waals surface area (Å²) in [4.78, 5) is 20.8. The Morgan fingerprint density at radius 3 is 2.95 bits per heavy atom. The van der Waals surface area contributed by atoms with Crippen LogP contribution in [0.3, 0.4) is 0 Å². The van der Waals surface area contributed by atoms with Gasteiger partial charge in [0, 0.05) is 50.2 Å². The van der Waals surface area contributed by atoms with Gasteiger partial charge in [0.2, 0.25) is 0 Å². The van der Waals surface area contributed by atoms with Crippen molar-refractivity contribution in [3.63, 3.8) is 0 Å². The minimum absolute atomic E-state index is 0.104. The standard InChI is InChI=1S/C16H21N3O2/c1-2-9-21-15-10-14-11-19(8-7-18(14)12-15)16(20)13-3-5-17-6-4-13/h2-6,14-15H,1,7-12H2/t14-,15+/m0/s1. The molecule has 0 spiro atoms. The van der Waals surface area contributed by atoms with E-state index in [0.717, 1.165) is 38.2 Å². The molecule has 0 radical (unpaired) electrons. The molecule has 2 aliphatic heterocycles. The van der Waals surface area contributed by atoms with E-state index in [4.69, 9.17) is 4.74 Å². The third-order valence-corrected chi connectivity index (χ3v) is 4.24. The van der Waals surface area contributed by atoms with E-state index in [0.29, 0.717) is 12.6 Å². The molecule has 0 saturated carbocycles. The molecular formula is C16H21N3O2. The Kier molecular flexibility index (Phi) is 4.31. The van der Waals surface area contributed by atoms with Crippen molar-refractivity contribution in [3.05, 3.63) is 42.7 Å². The van der Waals surface area contributed by atoms with Crippen LogP contribution in [-0.2, 0) is 4.74 Å². The molecule has 1 aromatic heterocycles. The van der Waals surface area contributed by atoms with Crippen LogP contribution in [0, 0.1) is 0 Å². The fourth-order valence-corrected chi connectivity index (χ4v) is 3.18. The van der Waals surface area contributed by atoms with E-state index in [1.807, 2.05) is 4.90 Å². The highest BCUT2D eigenvalue weighted by molar-refractivity contribution is 5.94. The van der Waals surface area contributed by atoms with Crippen molar-refractivity contribution in [1.82, 2.24) is 14.8 Å². The average molecular weight is 287 g/mol. The van der Waals surface area contributed by atoms with Crippen LogP contribution in [0.4, 0.5) is 0 Å². The molecule has 0 unspecified atom stereocenters. The third-order valence-electron chi connectivity index (χ3n) is 4.24. The highest BCUT2D eigenvalue weighted by atomic mass is 16.5. The molecular weight excluding hydrogens is 266 g/mol. The zero-order valence-corrected chi connectivity index (χ0v) is 12.1. The van der Waals surface area contributed by atoms with Crippen molar-refractivity contribution in [2.24, 2.45) is 0 Å². The predicted molar refractivity (Wildman–Crippen MR) is 80.1 cm³/mol. The number of pyridine rings is 1. The average Bonchev–Trinajstić information content (AvgIpc) is 2.95. The fraction of sp³-hybridized carbons (Fsp3) is 0.500. The van der Waals surface area contributed by atoms with Gasteiger partial charge in [-0.05, 0) is 18.6 Å². The van der Waals surface area contributed by atoms with Gasteiger partial charge in [0.1, 0.15) is 0 Å². The summed E-state index contributed by atoms with van der Waals surface area (Å²) in [7, 11) is 0. The monoisotopic (exact) mass is 287 g/mol. The zero-order valence-electron chi connectivity index (χ0n) is 12.1. The summed E-state index contributed by atoms with van der Waals surface area (Å²) in [6.07, 6.45) is 6.38. The van der Waals surface area contributed by atoms with Crippen LogP contribution < -0.4 is 0 Å². The predicted octanol–water partition coefficient (Wildman–Crippen LogP) is 1.18. The van der Waals surface area contributed by atoms with E-state index in [9.17, 15) is 4.79 Å². The Bertz CT molecular complexity index is 506. The molecule has 5 heteroatoms. The maximum Gasteiger partial charge on any atom is 0.254 e. The lowest BCUT2D eigenvalue weighted by molar-refractivity contribution is 0.0561. The molecule has 2 aliphatic rings. The number of hydrogen-bond acceptors (Lipinski definition) is 4. The Balaban J connectivity index is 1.60. The second-order valence-electron chi connectivity index (χ2n) is 5.62. The summed E-state index contributed by atoms with van der Waals surface area (Å²) in [5, 5.41) is 0. The highest BCUT2D eigenvalue weighted by Crippen LogP contribution is 2.24.